The van der Waals surface area contributed by atoms with Crippen molar-refractivity contribution in [1.82, 2.24) is 4.72 Å². The van der Waals surface area contributed by atoms with Crippen LogP contribution in [0.5, 0.6) is 0 Å². The summed E-state index contributed by atoms with van der Waals surface area (Å²) in [5.41, 5.74) is 0. The minimum atomic E-state index is -3.44. The number of rotatable bonds is 6. The van der Waals surface area contributed by atoms with Gasteiger partial charge in [0.15, 0.2) is 0 Å². The summed E-state index contributed by atoms with van der Waals surface area (Å²) in [6.07, 6.45) is 2.07. The molecule has 106 valence electrons. The lowest BCUT2D eigenvalue weighted by molar-refractivity contribution is -0.142. The lowest BCUT2D eigenvalue weighted by Gasteiger charge is -2.25. The van der Waals surface area contributed by atoms with Crippen LogP contribution in [-0.2, 0) is 19.6 Å². The van der Waals surface area contributed by atoms with Gasteiger partial charge in [-0.05, 0) is 32.6 Å². The molecular weight excluding hydrogens is 258 g/mol. The molecule has 0 aromatic carbocycles. The predicted molar refractivity (Wildman–Crippen MR) is 66.4 cm³/mol. The molecule has 0 aliphatic heterocycles. The van der Waals surface area contributed by atoms with E-state index in [0.29, 0.717) is 25.7 Å². The van der Waals surface area contributed by atoms with E-state index < -0.39 is 16.0 Å². The quantitative estimate of drug-likeness (QED) is 0.676. The molecule has 0 unspecified atom stereocenters. The Morgan fingerprint density at radius 2 is 1.94 bits per heavy atom. The largest absolute Gasteiger partial charge is 0.466 e. The maximum Gasteiger partial charge on any atom is 0.306 e. The van der Waals surface area contributed by atoms with Crippen molar-refractivity contribution in [2.45, 2.75) is 51.2 Å². The van der Waals surface area contributed by atoms with E-state index in [1.807, 2.05) is 0 Å². The number of esters is 1. The summed E-state index contributed by atoms with van der Waals surface area (Å²) < 4.78 is 30.7. The Morgan fingerprint density at radius 3 is 2.50 bits per heavy atom. The van der Waals surface area contributed by atoms with Crippen molar-refractivity contribution < 1.29 is 23.1 Å². The molecule has 6 nitrogen and oxygen atoms in total. The fourth-order valence-electron chi connectivity index (χ4n) is 1.96. The smallest absolute Gasteiger partial charge is 0.306 e. The van der Waals surface area contributed by atoms with Crippen LogP contribution in [0.1, 0.15) is 39.0 Å². The number of carbonyl (C=O) groups excluding carboxylic acids is 1. The van der Waals surface area contributed by atoms with Gasteiger partial charge >= 0.3 is 5.97 Å². The van der Waals surface area contributed by atoms with Crippen LogP contribution in [-0.4, -0.2) is 44.0 Å². The summed E-state index contributed by atoms with van der Waals surface area (Å²) in [5, 5.41) is 9.32. The molecule has 0 aromatic heterocycles. The van der Waals surface area contributed by atoms with Gasteiger partial charge in [0, 0.05) is 6.04 Å². The van der Waals surface area contributed by atoms with Gasteiger partial charge in [0.05, 0.1) is 24.9 Å². The molecule has 1 aliphatic carbocycles. The number of hydrogen-bond donors (Lipinski definition) is 2. The lowest BCUT2D eigenvalue weighted by Crippen LogP contribution is -2.40. The van der Waals surface area contributed by atoms with Crippen LogP contribution in [0.4, 0.5) is 0 Å². The van der Waals surface area contributed by atoms with Gasteiger partial charge < -0.3 is 9.84 Å². The zero-order valence-corrected chi connectivity index (χ0v) is 11.4. The highest BCUT2D eigenvalue weighted by Crippen LogP contribution is 2.19. The normalized spacial score (nSPS) is 24.8. The van der Waals surface area contributed by atoms with Crippen molar-refractivity contribution in [3.8, 4) is 0 Å². The molecule has 18 heavy (non-hydrogen) atoms. The first-order valence-electron chi connectivity index (χ1n) is 6.26. The van der Waals surface area contributed by atoms with E-state index in [1.165, 1.54) is 0 Å². The fraction of sp³-hybridized carbons (Fsp3) is 0.909. The first kappa shape index (κ1) is 15.4. The van der Waals surface area contributed by atoms with Gasteiger partial charge in [0.25, 0.3) is 0 Å². The number of aliphatic hydroxyl groups is 1. The lowest BCUT2D eigenvalue weighted by atomic mass is 9.94. The van der Waals surface area contributed by atoms with Gasteiger partial charge in [-0.1, -0.05) is 0 Å². The molecule has 0 heterocycles. The first-order valence-corrected chi connectivity index (χ1v) is 7.92. The molecule has 1 saturated carbocycles. The Balaban J connectivity index is 2.33. The average molecular weight is 279 g/mol. The van der Waals surface area contributed by atoms with Gasteiger partial charge in [-0.3, -0.25) is 4.79 Å². The zero-order chi connectivity index (χ0) is 13.6. The number of ether oxygens (including phenoxy) is 1. The average Bonchev–Trinajstić information content (AvgIpc) is 2.30. The van der Waals surface area contributed by atoms with Gasteiger partial charge in [-0.25, -0.2) is 13.1 Å². The molecule has 0 radical (unpaired) electrons. The molecule has 1 aliphatic rings. The second kappa shape index (κ2) is 7.06. The van der Waals surface area contributed by atoms with Crippen molar-refractivity contribution in [3.05, 3.63) is 0 Å². The number of sulfonamides is 1. The predicted octanol–water partition coefficient (Wildman–Crippen LogP) is 0.162. The first-order chi connectivity index (χ1) is 8.43. The van der Waals surface area contributed by atoms with E-state index in [1.54, 1.807) is 6.92 Å². The number of hydrogen-bond acceptors (Lipinski definition) is 5. The third kappa shape index (κ3) is 5.79. The molecule has 0 aromatic rings. The van der Waals surface area contributed by atoms with E-state index in [2.05, 4.69) is 9.46 Å². The van der Waals surface area contributed by atoms with Crippen molar-refractivity contribution in [1.29, 1.82) is 0 Å². The minimum Gasteiger partial charge on any atom is -0.466 e. The third-order valence-corrected chi connectivity index (χ3v) is 4.36. The van der Waals surface area contributed by atoms with Crippen LogP contribution in [0, 0.1) is 0 Å². The maximum absolute atomic E-state index is 11.7. The fourth-order valence-corrected chi connectivity index (χ4v) is 3.25. The van der Waals surface area contributed by atoms with Crippen LogP contribution in [0.25, 0.3) is 0 Å². The van der Waals surface area contributed by atoms with Crippen LogP contribution >= 0.6 is 0 Å². The number of carbonyl (C=O) groups is 1. The maximum atomic E-state index is 11.7. The van der Waals surface area contributed by atoms with Gasteiger partial charge in [0.1, 0.15) is 0 Å². The standard InChI is InChI=1S/C11H21NO5S/c1-2-17-11(14)7-8-18(15,16)12-9-3-5-10(13)6-4-9/h9-10,12-13H,2-8H2,1H3. The van der Waals surface area contributed by atoms with E-state index in [0.717, 1.165) is 0 Å². The molecule has 0 spiro atoms. The van der Waals surface area contributed by atoms with Crippen molar-refractivity contribution >= 4 is 16.0 Å². The van der Waals surface area contributed by atoms with Crippen molar-refractivity contribution in [2.24, 2.45) is 0 Å². The van der Waals surface area contributed by atoms with Crippen molar-refractivity contribution in [3.63, 3.8) is 0 Å². The summed E-state index contributed by atoms with van der Waals surface area (Å²) >= 11 is 0. The second-order valence-corrected chi connectivity index (χ2v) is 6.37. The van der Waals surface area contributed by atoms with Gasteiger partial charge in [-0.15, -0.1) is 0 Å². The number of aliphatic hydroxyl groups excluding tert-OH is 1. The summed E-state index contributed by atoms with van der Waals surface area (Å²) in [7, 11) is -3.44. The van der Waals surface area contributed by atoms with Gasteiger partial charge in [0.2, 0.25) is 10.0 Å². The Morgan fingerprint density at radius 1 is 1.33 bits per heavy atom. The molecule has 0 atom stereocenters. The Bertz CT molecular complexity index is 360. The van der Waals surface area contributed by atoms with Crippen LogP contribution in [0.2, 0.25) is 0 Å². The van der Waals surface area contributed by atoms with Crippen LogP contribution in [0.15, 0.2) is 0 Å². The molecule has 7 heteroatoms. The Kier molecular flexibility index (Phi) is 6.04. The molecule has 1 rings (SSSR count). The second-order valence-electron chi connectivity index (χ2n) is 4.50. The zero-order valence-electron chi connectivity index (χ0n) is 10.6. The number of nitrogens with one attached hydrogen (secondary N) is 1. The SMILES string of the molecule is CCOC(=O)CCS(=O)(=O)NC1CCC(O)CC1. The Hall–Kier alpha value is -0.660. The summed E-state index contributed by atoms with van der Waals surface area (Å²) in [4.78, 5) is 11.1. The highest BCUT2D eigenvalue weighted by molar-refractivity contribution is 7.89. The van der Waals surface area contributed by atoms with Crippen LogP contribution < -0.4 is 4.72 Å². The highest BCUT2D eigenvalue weighted by atomic mass is 32.2. The van der Waals surface area contributed by atoms with E-state index in [9.17, 15) is 18.3 Å². The summed E-state index contributed by atoms with van der Waals surface area (Å²) in [6, 6.07) is -0.124. The topological polar surface area (TPSA) is 92.7 Å². The minimum absolute atomic E-state index is 0.124. The summed E-state index contributed by atoms with van der Waals surface area (Å²) in [6.45, 7) is 1.94. The van der Waals surface area contributed by atoms with E-state index >= 15 is 0 Å². The molecule has 2 N–H and O–H groups in total. The van der Waals surface area contributed by atoms with E-state index in [-0.39, 0.29) is 30.9 Å². The molecule has 1 fully saturated rings. The molecular formula is C11H21NO5S. The monoisotopic (exact) mass is 279 g/mol. The molecule has 0 amide bonds. The molecule has 0 bridgehead atoms. The van der Waals surface area contributed by atoms with Crippen LogP contribution in [0.3, 0.4) is 0 Å². The third-order valence-electron chi connectivity index (χ3n) is 2.92. The van der Waals surface area contributed by atoms with E-state index in [4.69, 9.17) is 0 Å². The highest BCUT2D eigenvalue weighted by Gasteiger charge is 2.24. The van der Waals surface area contributed by atoms with Crippen molar-refractivity contribution in [2.75, 3.05) is 12.4 Å². The van der Waals surface area contributed by atoms with Gasteiger partial charge in [-0.2, -0.15) is 0 Å². The molecule has 0 saturated heterocycles. The summed E-state index contributed by atoms with van der Waals surface area (Å²) in [5.74, 6) is -0.743. The Labute approximate surface area is 108 Å².